The van der Waals surface area contributed by atoms with Crippen molar-refractivity contribution < 1.29 is 9.32 Å². The monoisotopic (exact) mass is 400 g/mol. The maximum atomic E-state index is 12.9. The molecule has 152 valence electrons. The van der Waals surface area contributed by atoms with Gasteiger partial charge in [-0.15, -0.1) is 0 Å². The molecule has 0 atom stereocenters. The number of para-hydroxylation sites is 1. The van der Waals surface area contributed by atoms with Gasteiger partial charge >= 0.3 is 0 Å². The quantitative estimate of drug-likeness (QED) is 0.522. The highest BCUT2D eigenvalue weighted by atomic mass is 16.5. The second-order valence-corrected chi connectivity index (χ2v) is 7.99. The van der Waals surface area contributed by atoms with E-state index in [9.17, 15) is 4.79 Å². The highest BCUT2D eigenvalue weighted by Crippen LogP contribution is 2.25. The third-order valence-electron chi connectivity index (χ3n) is 5.85. The number of amides is 1. The van der Waals surface area contributed by atoms with E-state index in [0.717, 1.165) is 57.6 Å². The molecule has 1 saturated heterocycles. The van der Waals surface area contributed by atoms with Crippen molar-refractivity contribution in [3.63, 3.8) is 0 Å². The van der Waals surface area contributed by atoms with Crippen LogP contribution in [0.2, 0.25) is 0 Å². The van der Waals surface area contributed by atoms with Crippen LogP contribution in [0.25, 0.3) is 21.9 Å². The molecule has 3 heterocycles. The van der Waals surface area contributed by atoms with Gasteiger partial charge in [-0.05, 0) is 49.2 Å². The van der Waals surface area contributed by atoms with Crippen LogP contribution in [-0.4, -0.2) is 47.1 Å². The first-order chi connectivity index (χ1) is 14.6. The number of anilines is 1. The molecule has 2 aromatic carbocycles. The van der Waals surface area contributed by atoms with E-state index in [1.807, 2.05) is 43.0 Å². The zero-order valence-corrected chi connectivity index (χ0v) is 17.3. The van der Waals surface area contributed by atoms with Crippen molar-refractivity contribution in [3.05, 3.63) is 65.4 Å². The van der Waals surface area contributed by atoms with Crippen molar-refractivity contribution in [1.82, 2.24) is 15.0 Å². The second-order valence-electron chi connectivity index (χ2n) is 7.99. The first kappa shape index (κ1) is 18.6. The van der Waals surface area contributed by atoms with Crippen molar-refractivity contribution in [2.24, 2.45) is 0 Å². The first-order valence-corrected chi connectivity index (χ1v) is 10.3. The summed E-state index contributed by atoms with van der Waals surface area (Å²) < 4.78 is 5.47. The molecular formula is C24H24N4O2. The number of aromatic nitrogens is 2. The lowest BCUT2D eigenvalue weighted by molar-refractivity contribution is -0.130. The maximum Gasteiger partial charge on any atom is 0.228 e. The second kappa shape index (κ2) is 7.44. The number of carbonyl (C=O) groups is 1. The Morgan fingerprint density at radius 3 is 2.67 bits per heavy atom. The topological polar surface area (TPSA) is 62.5 Å². The molecule has 0 saturated carbocycles. The molecule has 4 aromatic rings. The SMILES string of the molecule is Cc1cc(C)c2c(CC(=O)N3CCN(c4ccc5ccccc5n4)CC3)noc2c1. The van der Waals surface area contributed by atoms with E-state index in [2.05, 4.69) is 34.3 Å². The molecule has 0 bridgehead atoms. The van der Waals surface area contributed by atoms with E-state index in [-0.39, 0.29) is 12.3 Å². The third kappa shape index (κ3) is 3.38. The zero-order chi connectivity index (χ0) is 20.7. The normalized spacial score (nSPS) is 14.6. The largest absolute Gasteiger partial charge is 0.356 e. The summed E-state index contributed by atoms with van der Waals surface area (Å²) >= 11 is 0. The van der Waals surface area contributed by atoms with Crippen LogP contribution in [0, 0.1) is 13.8 Å². The van der Waals surface area contributed by atoms with Crippen LogP contribution in [0.5, 0.6) is 0 Å². The van der Waals surface area contributed by atoms with Gasteiger partial charge in [-0.25, -0.2) is 4.98 Å². The number of aryl methyl sites for hydroxylation is 2. The van der Waals surface area contributed by atoms with Gasteiger partial charge in [0.1, 0.15) is 11.5 Å². The first-order valence-electron chi connectivity index (χ1n) is 10.3. The summed E-state index contributed by atoms with van der Waals surface area (Å²) in [6.07, 6.45) is 0.269. The summed E-state index contributed by atoms with van der Waals surface area (Å²) in [4.78, 5) is 21.9. The summed E-state index contributed by atoms with van der Waals surface area (Å²) in [5.74, 6) is 1.06. The van der Waals surface area contributed by atoms with Gasteiger partial charge in [0.2, 0.25) is 5.91 Å². The lowest BCUT2D eigenvalue weighted by Crippen LogP contribution is -2.49. The van der Waals surface area contributed by atoms with Crippen molar-refractivity contribution in [3.8, 4) is 0 Å². The molecule has 6 heteroatoms. The van der Waals surface area contributed by atoms with Gasteiger partial charge in [0.05, 0.1) is 11.9 Å². The minimum Gasteiger partial charge on any atom is -0.356 e. The van der Waals surface area contributed by atoms with E-state index in [0.29, 0.717) is 13.1 Å². The number of benzene rings is 2. The minimum atomic E-state index is 0.0938. The molecule has 1 aliphatic heterocycles. The van der Waals surface area contributed by atoms with E-state index in [1.165, 1.54) is 0 Å². The highest BCUT2D eigenvalue weighted by Gasteiger charge is 2.24. The zero-order valence-electron chi connectivity index (χ0n) is 17.3. The van der Waals surface area contributed by atoms with Crippen molar-refractivity contribution in [2.75, 3.05) is 31.1 Å². The summed E-state index contributed by atoms with van der Waals surface area (Å²) in [5, 5.41) is 6.29. The van der Waals surface area contributed by atoms with Gasteiger partial charge in [0.25, 0.3) is 0 Å². The van der Waals surface area contributed by atoms with Crippen molar-refractivity contribution >= 4 is 33.6 Å². The van der Waals surface area contributed by atoms with Crippen LogP contribution in [-0.2, 0) is 11.2 Å². The Labute approximate surface area is 175 Å². The molecule has 1 aliphatic rings. The molecule has 0 unspecified atom stereocenters. The number of pyridine rings is 1. The third-order valence-corrected chi connectivity index (χ3v) is 5.85. The Balaban J connectivity index is 1.27. The van der Waals surface area contributed by atoms with Crippen LogP contribution in [0.3, 0.4) is 0 Å². The van der Waals surface area contributed by atoms with Gasteiger partial charge in [-0.1, -0.05) is 29.4 Å². The summed E-state index contributed by atoms with van der Waals surface area (Å²) in [6, 6.07) is 16.4. The molecule has 0 N–H and O–H groups in total. The molecule has 6 nitrogen and oxygen atoms in total. The molecule has 2 aromatic heterocycles. The number of fused-ring (bicyclic) bond motifs is 2. The summed E-state index contributed by atoms with van der Waals surface area (Å²) in [6.45, 7) is 6.98. The van der Waals surface area contributed by atoms with E-state index in [1.54, 1.807) is 0 Å². The van der Waals surface area contributed by atoms with Gasteiger partial charge in [0.15, 0.2) is 5.58 Å². The van der Waals surface area contributed by atoms with Crippen LogP contribution < -0.4 is 4.90 Å². The molecule has 30 heavy (non-hydrogen) atoms. The Bertz CT molecular complexity index is 1240. The van der Waals surface area contributed by atoms with Crippen LogP contribution >= 0.6 is 0 Å². The number of nitrogens with zero attached hydrogens (tertiary/aromatic N) is 4. The lowest BCUT2D eigenvalue weighted by Gasteiger charge is -2.35. The van der Waals surface area contributed by atoms with Crippen LogP contribution in [0.1, 0.15) is 16.8 Å². The standard InChI is InChI=1S/C24H24N4O2/c1-16-13-17(2)24-20(26-30-21(24)14-16)15-23(29)28-11-9-27(10-12-28)22-8-7-18-5-3-4-6-19(18)25-22/h3-8,13-14H,9-12,15H2,1-2H3. The number of piperazine rings is 1. The molecule has 5 rings (SSSR count). The summed E-state index contributed by atoms with van der Waals surface area (Å²) in [5.41, 5.74) is 4.71. The van der Waals surface area contributed by atoms with Gasteiger partial charge in [-0.2, -0.15) is 0 Å². The van der Waals surface area contributed by atoms with Gasteiger partial charge < -0.3 is 14.3 Å². The number of carbonyl (C=O) groups excluding carboxylic acids is 1. The van der Waals surface area contributed by atoms with Crippen molar-refractivity contribution in [2.45, 2.75) is 20.3 Å². The average molecular weight is 400 g/mol. The fourth-order valence-electron chi connectivity index (χ4n) is 4.31. The Morgan fingerprint density at radius 1 is 1.03 bits per heavy atom. The molecule has 0 spiro atoms. The van der Waals surface area contributed by atoms with Crippen LogP contribution in [0.15, 0.2) is 53.1 Å². The maximum absolute atomic E-state index is 12.9. The van der Waals surface area contributed by atoms with E-state index >= 15 is 0 Å². The van der Waals surface area contributed by atoms with E-state index in [4.69, 9.17) is 9.51 Å². The smallest absolute Gasteiger partial charge is 0.228 e. The van der Waals surface area contributed by atoms with E-state index < -0.39 is 0 Å². The van der Waals surface area contributed by atoms with Crippen molar-refractivity contribution in [1.29, 1.82) is 0 Å². The molecular weight excluding hydrogens is 376 g/mol. The molecule has 0 radical (unpaired) electrons. The van der Waals surface area contributed by atoms with Gasteiger partial charge in [0, 0.05) is 37.0 Å². The predicted molar refractivity (Wildman–Crippen MR) is 118 cm³/mol. The number of hydrogen-bond acceptors (Lipinski definition) is 5. The average Bonchev–Trinajstić information content (AvgIpc) is 3.16. The molecule has 1 fully saturated rings. The van der Waals surface area contributed by atoms with Gasteiger partial charge in [-0.3, -0.25) is 4.79 Å². The summed E-state index contributed by atoms with van der Waals surface area (Å²) in [7, 11) is 0. The molecule has 1 amide bonds. The Kier molecular flexibility index (Phi) is 4.62. The fraction of sp³-hybridized carbons (Fsp3) is 0.292. The Hall–Kier alpha value is -3.41. The fourth-order valence-corrected chi connectivity index (χ4v) is 4.31. The number of rotatable bonds is 3. The highest BCUT2D eigenvalue weighted by molar-refractivity contribution is 5.89. The molecule has 0 aliphatic carbocycles. The lowest BCUT2D eigenvalue weighted by atomic mass is 10.0. The number of hydrogen-bond donors (Lipinski definition) is 0. The minimum absolute atomic E-state index is 0.0938. The van der Waals surface area contributed by atoms with Crippen LogP contribution in [0.4, 0.5) is 5.82 Å². The predicted octanol–water partition coefficient (Wildman–Crippen LogP) is 3.88. The Morgan fingerprint density at radius 2 is 1.83 bits per heavy atom.